The number of aliphatic carboxylic acids is 1. The van der Waals surface area contributed by atoms with Crippen molar-refractivity contribution in [1.29, 1.82) is 0 Å². The maximum absolute atomic E-state index is 12.1. The summed E-state index contributed by atoms with van der Waals surface area (Å²) in [4.78, 5) is 23.3. The summed E-state index contributed by atoms with van der Waals surface area (Å²) in [6.07, 6.45) is 3.13. The molecule has 1 fully saturated rings. The normalized spacial score (nSPS) is 21.6. The molecule has 21 heavy (non-hydrogen) atoms. The van der Waals surface area contributed by atoms with E-state index in [-0.39, 0.29) is 6.04 Å². The summed E-state index contributed by atoms with van der Waals surface area (Å²) >= 11 is 6.00. The van der Waals surface area contributed by atoms with Gasteiger partial charge in [0.2, 0.25) is 0 Å². The SMILES string of the molecule is Cc1c(Cl)cccc1NC(=O)NC1CCCCC1C(=O)O. The zero-order valence-corrected chi connectivity index (χ0v) is 12.6. The van der Waals surface area contributed by atoms with Gasteiger partial charge in [-0.25, -0.2) is 4.79 Å². The maximum atomic E-state index is 12.1. The fourth-order valence-corrected chi connectivity index (χ4v) is 2.84. The minimum atomic E-state index is -0.848. The van der Waals surface area contributed by atoms with Crippen LogP contribution in [0.15, 0.2) is 18.2 Å². The van der Waals surface area contributed by atoms with Crippen LogP contribution in [0, 0.1) is 12.8 Å². The van der Waals surface area contributed by atoms with Crippen molar-refractivity contribution in [3.8, 4) is 0 Å². The highest BCUT2D eigenvalue weighted by atomic mass is 35.5. The van der Waals surface area contributed by atoms with Crippen molar-refractivity contribution in [3.63, 3.8) is 0 Å². The highest BCUT2D eigenvalue weighted by Crippen LogP contribution is 2.26. The Morgan fingerprint density at radius 3 is 2.71 bits per heavy atom. The zero-order valence-electron chi connectivity index (χ0n) is 11.9. The molecule has 6 heteroatoms. The number of carboxylic acid groups (broad SMARTS) is 1. The number of carbonyl (C=O) groups excluding carboxylic acids is 1. The molecule has 1 aliphatic rings. The van der Waals surface area contributed by atoms with E-state index in [4.69, 9.17) is 11.6 Å². The predicted molar refractivity (Wildman–Crippen MR) is 81.7 cm³/mol. The van der Waals surface area contributed by atoms with Crippen LogP contribution in [-0.4, -0.2) is 23.1 Å². The highest BCUT2D eigenvalue weighted by molar-refractivity contribution is 6.31. The first kappa shape index (κ1) is 15.6. The third-order valence-electron chi connectivity index (χ3n) is 3.92. The van der Waals surface area contributed by atoms with Crippen LogP contribution in [0.2, 0.25) is 5.02 Å². The number of benzene rings is 1. The fourth-order valence-electron chi connectivity index (χ4n) is 2.67. The molecule has 1 aromatic carbocycles. The van der Waals surface area contributed by atoms with Gasteiger partial charge >= 0.3 is 12.0 Å². The molecule has 0 aromatic heterocycles. The lowest BCUT2D eigenvalue weighted by molar-refractivity contribution is -0.143. The van der Waals surface area contributed by atoms with E-state index in [0.717, 1.165) is 18.4 Å². The van der Waals surface area contributed by atoms with Crippen LogP contribution in [0.25, 0.3) is 0 Å². The van der Waals surface area contributed by atoms with E-state index in [9.17, 15) is 14.7 Å². The molecule has 2 atom stereocenters. The van der Waals surface area contributed by atoms with Gasteiger partial charge in [-0.3, -0.25) is 4.79 Å². The number of hydrogen-bond acceptors (Lipinski definition) is 2. The van der Waals surface area contributed by atoms with E-state index in [1.807, 2.05) is 6.92 Å². The van der Waals surface area contributed by atoms with E-state index in [1.54, 1.807) is 18.2 Å². The topological polar surface area (TPSA) is 78.4 Å². The number of hydrogen-bond donors (Lipinski definition) is 3. The third-order valence-corrected chi connectivity index (χ3v) is 4.33. The Kier molecular flexibility index (Phi) is 5.07. The van der Waals surface area contributed by atoms with Gasteiger partial charge in [0.15, 0.2) is 0 Å². The molecule has 0 bridgehead atoms. The number of halogens is 1. The lowest BCUT2D eigenvalue weighted by Crippen LogP contribution is -2.46. The van der Waals surface area contributed by atoms with Crippen molar-refractivity contribution >= 4 is 29.3 Å². The first-order valence-electron chi connectivity index (χ1n) is 7.04. The molecule has 0 radical (unpaired) electrons. The zero-order chi connectivity index (χ0) is 15.4. The number of urea groups is 1. The summed E-state index contributed by atoms with van der Waals surface area (Å²) in [7, 11) is 0. The van der Waals surface area contributed by atoms with Crippen molar-refractivity contribution in [3.05, 3.63) is 28.8 Å². The molecule has 0 saturated heterocycles. The summed E-state index contributed by atoms with van der Waals surface area (Å²) in [6.45, 7) is 1.82. The van der Waals surface area contributed by atoms with Gasteiger partial charge in [0.25, 0.3) is 0 Å². The van der Waals surface area contributed by atoms with E-state index < -0.39 is 17.9 Å². The smallest absolute Gasteiger partial charge is 0.319 e. The van der Waals surface area contributed by atoms with Crippen LogP contribution < -0.4 is 10.6 Å². The Balaban J connectivity index is 2.00. The summed E-state index contributed by atoms with van der Waals surface area (Å²) < 4.78 is 0. The van der Waals surface area contributed by atoms with Crippen LogP contribution in [0.3, 0.4) is 0 Å². The second kappa shape index (κ2) is 6.80. The Labute approximate surface area is 128 Å². The molecule has 1 aromatic rings. The van der Waals surface area contributed by atoms with Gasteiger partial charge in [-0.1, -0.05) is 30.5 Å². The lowest BCUT2D eigenvalue weighted by atomic mass is 9.84. The molecule has 0 spiro atoms. The number of carboxylic acids is 1. The maximum Gasteiger partial charge on any atom is 0.319 e. The van der Waals surface area contributed by atoms with Crippen LogP contribution in [-0.2, 0) is 4.79 Å². The van der Waals surface area contributed by atoms with Gasteiger partial charge in [0.05, 0.1) is 5.92 Å². The minimum Gasteiger partial charge on any atom is -0.481 e. The largest absolute Gasteiger partial charge is 0.481 e. The molecular formula is C15H19ClN2O3. The van der Waals surface area contributed by atoms with Crippen LogP contribution in [0.5, 0.6) is 0 Å². The van der Waals surface area contributed by atoms with Gasteiger partial charge in [0, 0.05) is 16.8 Å². The molecular weight excluding hydrogens is 292 g/mol. The minimum absolute atomic E-state index is 0.323. The quantitative estimate of drug-likeness (QED) is 0.800. The van der Waals surface area contributed by atoms with Gasteiger partial charge < -0.3 is 15.7 Å². The first-order valence-corrected chi connectivity index (χ1v) is 7.42. The molecule has 114 valence electrons. The predicted octanol–water partition coefficient (Wildman–Crippen LogP) is 3.41. The second-order valence-electron chi connectivity index (χ2n) is 5.35. The molecule has 1 saturated carbocycles. The molecule has 1 aliphatic carbocycles. The molecule has 3 N–H and O–H groups in total. The van der Waals surface area contributed by atoms with Crippen LogP contribution in [0.1, 0.15) is 31.2 Å². The molecule has 0 heterocycles. The monoisotopic (exact) mass is 310 g/mol. The summed E-state index contributed by atoms with van der Waals surface area (Å²) in [5.74, 6) is -1.36. The number of anilines is 1. The lowest BCUT2D eigenvalue weighted by Gasteiger charge is -2.29. The van der Waals surface area contributed by atoms with Crippen LogP contribution in [0.4, 0.5) is 10.5 Å². The standard InChI is InChI=1S/C15H19ClN2O3/c1-9-11(16)6-4-8-12(9)17-15(21)18-13-7-3-2-5-10(13)14(19)20/h4,6,8,10,13H,2-3,5,7H2,1H3,(H,19,20)(H2,17,18,21). The van der Waals surface area contributed by atoms with Gasteiger partial charge in [-0.2, -0.15) is 0 Å². The molecule has 2 amide bonds. The summed E-state index contributed by atoms with van der Waals surface area (Å²) in [5.41, 5.74) is 1.41. The average molecular weight is 311 g/mol. The summed E-state index contributed by atoms with van der Waals surface area (Å²) in [6, 6.07) is 4.55. The van der Waals surface area contributed by atoms with Crippen molar-refractivity contribution in [2.24, 2.45) is 5.92 Å². The van der Waals surface area contributed by atoms with Crippen molar-refractivity contribution < 1.29 is 14.7 Å². The molecule has 2 rings (SSSR count). The first-order chi connectivity index (χ1) is 9.99. The van der Waals surface area contributed by atoms with E-state index in [2.05, 4.69) is 10.6 Å². The number of amides is 2. The Morgan fingerprint density at radius 1 is 1.29 bits per heavy atom. The average Bonchev–Trinajstić information content (AvgIpc) is 2.44. The van der Waals surface area contributed by atoms with Crippen molar-refractivity contribution in [2.45, 2.75) is 38.6 Å². The Hall–Kier alpha value is -1.75. The van der Waals surface area contributed by atoms with Crippen LogP contribution >= 0.6 is 11.6 Å². The number of rotatable bonds is 3. The molecule has 0 aliphatic heterocycles. The Bertz CT molecular complexity index is 548. The van der Waals surface area contributed by atoms with Gasteiger partial charge in [-0.05, 0) is 37.5 Å². The van der Waals surface area contributed by atoms with E-state index in [0.29, 0.717) is 23.6 Å². The van der Waals surface area contributed by atoms with Crippen molar-refractivity contribution in [2.75, 3.05) is 5.32 Å². The van der Waals surface area contributed by atoms with Crippen molar-refractivity contribution in [1.82, 2.24) is 5.32 Å². The van der Waals surface area contributed by atoms with Gasteiger partial charge in [-0.15, -0.1) is 0 Å². The third kappa shape index (κ3) is 3.88. The fraction of sp³-hybridized carbons (Fsp3) is 0.467. The number of nitrogens with one attached hydrogen (secondary N) is 2. The summed E-state index contributed by atoms with van der Waals surface area (Å²) in [5, 5.41) is 15.3. The Morgan fingerprint density at radius 2 is 2.00 bits per heavy atom. The molecule has 2 unspecified atom stereocenters. The van der Waals surface area contributed by atoms with E-state index >= 15 is 0 Å². The molecule has 5 nitrogen and oxygen atoms in total. The number of carbonyl (C=O) groups is 2. The second-order valence-corrected chi connectivity index (χ2v) is 5.75. The van der Waals surface area contributed by atoms with E-state index in [1.165, 1.54) is 0 Å². The highest BCUT2D eigenvalue weighted by Gasteiger charge is 2.31. The van der Waals surface area contributed by atoms with Gasteiger partial charge in [0.1, 0.15) is 0 Å².